The van der Waals surface area contributed by atoms with Gasteiger partial charge >= 0.3 is 5.97 Å². The third-order valence-electron chi connectivity index (χ3n) is 4.74. The van der Waals surface area contributed by atoms with Crippen molar-refractivity contribution in [1.82, 2.24) is 10.2 Å². The van der Waals surface area contributed by atoms with E-state index >= 15 is 0 Å². The molecule has 0 saturated heterocycles. The topological polar surface area (TPSA) is 107 Å². The van der Waals surface area contributed by atoms with Crippen LogP contribution in [-0.2, 0) is 17.9 Å². The number of carbonyl (C=O) groups excluding carboxylic acids is 2. The summed E-state index contributed by atoms with van der Waals surface area (Å²) in [5.74, 6) is -1.66. The fraction of sp³-hybridized carbons (Fsp3) is 0.348. The SMILES string of the molecule is CCCCCCNC(=O)c1ccc(CN(C=O)Cc2ccc(O)c(C(=O)O)c2)cc1. The molecule has 7 nitrogen and oxygen atoms in total. The van der Waals surface area contributed by atoms with Crippen molar-refractivity contribution in [3.63, 3.8) is 0 Å². The molecule has 0 aliphatic carbocycles. The first-order valence-electron chi connectivity index (χ1n) is 10.1. The maximum Gasteiger partial charge on any atom is 0.339 e. The van der Waals surface area contributed by atoms with E-state index in [4.69, 9.17) is 5.11 Å². The van der Waals surface area contributed by atoms with Crippen LogP contribution in [0, 0.1) is 0 Å². The number of carbonyl (C=O) groups is 3. The van der Waals surface area contributed by atoms with Crippen LogP contribution in [0.2, 0.25) is 0 Å². The first-order chi connectivity index (χ1) is 14.4. The molecule has 0 radical (unpaired) electrons. The molecule has 0 aliphatic heterocycles. The van der Waals surface area contributed by atoms with Crippen molar-refractivity contribution in [3.05, 3.63) is 64.7 Å². The second-order valence-electron chi connectivity index (χ2n) is 7.18. The van der Waals surface area contributed by atoms with Crippen LogP contribution in [0.15, 0.2) is 42.5 Å². The zero-order valence-corrected chi connectivity index (χ0v) is 17.1. The summed E-state index contributed by atoms with van der Waals surface area (Å²) in [5, 5.41) is 21.6. The normalized spacial score (nSPS) is 10.4. The van der Waals surface area contributed by atoms with E-state index in [2.05, 4.69) is 12.2 Å². The van der Waals surface area contributed by atoms with Crippen LogP contribution in [0.1, 0.15) is 64.4 Å². The molecular formula is C23H28N2O5. The van der Waals surface area contributed by atoms with Crippen LogP contribution in [-0.4, -0.2) is 39.9 Å². The monoisotopic (exact) mass is 412 g/mol. The molecular weight excluding hydrogens is 384 g/mol. The van der Waals surface area contributed by atoms with Crippen molar-refractivity contribution >= 4 is 18.3 Å². The van der Waals surface area contributed by atoms with E-state index in [-0.39, 0.29) is 23.8 Å². The summed E-state index contributed by atoms with van der Waals surface area (Å²) in [5.41, 5.74) is 1.80. The minimum absolute atomic E-state index is 0.115. The lowest BCUT2D eigenvalue weighted by molar-refractivity contribution is -0.119. The van der Waals surface area contributed by atoms with Gasteiger partial charge in [-0.05, 0) is 41.8 Å². The molecule has 2 rings (SSSR count). The van der Waals surface area contributed by atoms with Crippen molar-refractivity contribution in [2.75, 3.05) is 6.54 Å². The van der Waals surface area contributed by atoms with Gasteiger partial charge in [0.25, 0.3) is 5.91 Å². The molecule has 0 saturated carbocycles. The molecule has 2 amide bonds. The Balaban J connectivity index is 1.93. The predicted octanol–water partition coefficient (Wildman–Crippen LogP) is 3.56. The minimum atomic E-state index is -1.23. The fourth-order valence-electron chi connectivity index (χ4n) is 3.07. The number of hydrogen-bond donors (Lipinski definition) is 3. The number of rotatable bonds is 12. The van der Waals surface area contributed by atoms with Gasteiger partial charge in [0.05, 0.1) is 0 Å². The van der Waals surface area contributed by atoms with Gasteiger partial charge in [0.1, 0.15) is 11.3 Å². The fourth-order valence-corrected chi connectivity index (χ4v) is 3.07. The quantitative estimate of drug-likeness (QED) is 0.365. The number of aromatic hydroxyl groups is 1. The molecule has 0 heterocycles. The summed E-state index contributed by atoms with van der Waals surface area (Å²) in [6.07, 6.45) is 5.07. The highest BCUT2D eigenvalue weighted by atomic mass is 16.4. The molecule has 3 N–H and O–H groups in total. The molecule has 2 aromatic carbocycles. The molecule has 160 valence electrons. The largest absolute Gasteiger partial charge is 0.507 e. The number of unbranched alkanes of at least 4 members (excludes halogenated alkanes) is 3. The highest BCUT2D eigenvalue weighted by Gasteiger charge is 2.12. The molecule has 0 fully saturated rings. The summed E-state index contributed by atoms with van der Waals surface area (Å²) in [4.78, 5) is 36.3. The lowest BCUT2D eigenvalue weighted by Crippen LogP contribution is -2.24. The Morgan fingerprint density at radius 2 is 1.67 bits per heavy atom. The summed E-state index contributed by atoms with van der Waals surface area (Å²) < 4.78 is 0. The number of carboxylic acids is 1. The van der Waals surface area contributed by atoms with Gasteiger partial charge in [0, 0.05) is 25.2 Å². The summed E-state index contributed by atoms with van der Waals surface area (Å²) >= 11 is 0. The second-order valence-corrected chi connectivity index (χ2v) is 7.18. The summed E-state index contributed by atoms with van der Waals surface area (Å²) in [7, 11) is 0. The number of hydrogen-bond acceptors (Lipinski definition) is 4. The highest BCUT2D eigenvalue weighted by Crippen LogP contribution is 2.20. The lowest BCUT2D eigenvalue weighted by Gasteiger charge is -2.18. The molecule has 2 aromatic rings. The Kier molecular flexibility index (Phi) is 8.87. The van der Waals surface area contributed by atoms with Crippen LogP contribution in [0.3, 0.4) is 0 Å². The van der Waals surface area contributed by atoms with Gasteiger partial charge in [-0.25, -0.2) is 4.79 Å². The molecule has 0 unspecified atom stereocenters. The first-order valence-corrected chi connectivity index (χ1v) is 10.1. The Morgan fingerprint density at radius 3 is 2.30 bits per heavy atom. The number of amides is 2. The van der Waals surface area contributed by atoms with Crippen LogP contribution in [0.4, 0.5) is 0 Å². The average Bonchev–Trinajstić information content (AvgIpc) is 2.74. The predicted molar refractivity (Wildman–Crippen MR) is 113 cm³/mol. The van der Waals surface area contributed by atoms with E-state index in [9.17, 15) is 19.5 Å². The minimum Gasteiger partial charge on any atom is -0.507 e. The Morgan fingerprint density at radius 1 is 1.00 bits per heavy atom. The molecule has 30 heavy (non-hydrogen) atoms. The number of phenols is 1. The van der Waals surface area contributed by atoms with Gasteiger partial charge in [-0.2, -0.15) is 0 Å². The molecule has 0 bridgehead atoms. The van der Waals surface area contributed by atoms with E-state index in [1.54, 1.807) is 30.3 Å². The van der Waals surface area contributed by atoms with Gasteiger partial charge in [-0.1, -0.05) is 44.4 Å². The Hall–Kier alpha value is -3.35. The summed E-state index contributed by atoms with van der Waals surface area (Å²) in [6.45, 7) is 3.31. The van der Waals surface area contributed by atoms with Crippen LogP contribution in [0.25, 0.3) is 0 Å². The molecule has 0 atom stereocenters. The summed E-state index contributed by atoms with van der Waals surface area (Å²) in [6, 6.07) is 11.3. The standard InChI is InChI=1S/C23H28N2O5/c1-2-3-4-5-12-24-22(28)19-9-6-17(7-10-19)14-25(16-26)15-18-8-11-21(27)20(13-18)23(29)30/h6-11,13,16,27H,2-5,12,14-15H2,1H3,(H,24,28)(H,29,30). The number of nitrogens with zero attached hydrogens (tertiary/aromatic N) is 1. The lowest BCUT2D eigenvalue weighted by atomic mass is 10.1. The van der Waals surface area contributed by atoms with E-state index in [1.807, 2.05) is 0 Å². The third kappa shape index (κ3) is 6.92. The molecule has 0 spiro atoms. The zero-order chi connectivity index (χ0) is 21.9. The number of nitrogens with one attached hydrogen (secondary N) is 1. The average molecular weight is 412 g/mol. The van der Waals surface area contributed by atoms with Gasteiger partial charge in [0.15, 0.2) is 0 Å². The molecule has 0 aliphatic rings. The van der Waals surface area contributed by atoms with Crippen molar-refractivity contribution in [1.29, 1.82) is 0 Å². The van der Waals surface area contributed by atoms with Gasteiger partial charge < -0.3 is 20.4 Å². The van der Waals surface area contributed by atoms with E-state index in [0.29, 0.717) is 30.6 Å². The van der Waals surface area contributed by atoms with Crippen molar-refractivity contribution in [2.24, 2.45) is 0 Å². The zero-order valence-electron chi connectivity index (χ0n) is 17.1. The smallest absolute Gasteiger partial charge is 0.339 e. The maximum atomic E-state index is 12.2. The Bertz CT molecular complexity index is 864. The van der Waals surface area contributed by atoms with Crippen molar-refractivity contribution < 1.29 is 24.6 Å². The molecule has 0 aromatic heterocycles. The van der Waals surface area contributed by atoms with Crippen molar-refractivity contribution in [3.8, 4) is 5.75 Å². The second kappa shape index (κ2) is 11.6. The number of benzene rings is 2. The van der Waals surface area contributed by atoms with E-state index < -0.39 is 5.97 Å². The highest BCUT2D eigenvalue weighted by molar-refractivity contribution is 5.94. The van der Waals surface area contributed by atoms with Gasteiger partial charge in [-0.15, -0.1) is 0 Å². The van der Waals surface area contributed by atoms with E-state index in [1.165, 1.54) is 23.5 Å². The van der Waals surface area contributed by atoms with E-state index in [0.717, 1.165) is 24.8 Å². The first kappa shape index (κ1) is 22.9. The van der Waals surface area contributed by atoms with Crippen LogP contribution < -0.4 is 5.32 Å². The van der Waals surface area contributed by atoms with Gasteiger partial charge in [0.2, 0.25) is 6.41 Å². The number of aromatic carboxylic acids is 1. The molecule has 7 heteroatoms. The third-order valence-corrected chi connectivity index (χ3v) is 4.74. The van der Waals surface area contributed by atoms with Crippen LogP contribution in [0.5, 0.6) is 5.75 Å². The van der Waals surface area contributed by atoms with Gasteiger partial charge in [-0.3, -0.25) is 9.59 Å². The van der Waals surface area contributed by atoms with Crippen LogP contribution >= 0.6 is 0 Å². The Labute approximate surface area is 176 Å². The van der Waals surface area contributed by atoms with Crippen molar-refractivity contribution in [2.45, 2.75) is 45.7 Å². The number of carboxylic acid groups (broad SMARTS) is 1. The maximum absolute atomic E-state index is 12.2.